The van der Waals surface area contributed by atoms with Crippen LogP contribution in [0.3, 0.4) is 0 Å². The van der Waals surface area contributed by atoms with Gasteiger partial charge in [0.1, 0.15) is 6.42 Å². The molecule has 21 heavy (non-hydrogen) atoms. The molecule has 0 aliphatic carbocycles. The minimum atomic E-state index is -1.14. The number of nitrogens with zero attached hydrogens (tertiary/aromatic N) is 1. The van der Waals surface area contributed by atoms with E-state index in [-0.39, 0.29) is 0 Å². The lowest BCUT2D eigenvalue weighted by Crippen LogP contribution is -2.15. The summed E-state index contributed by atoms with van der Waals surface area (Å²) in [5.74, 6) is -0.854. The second-order valence-corrected chi connectivity index (χ2v) is 5.34. The number of anilines is 1. The zero-order valence-electron chi connectivity index (χ0n) is 11.2. The number of aliphatic carboxylic acids is 1. The van der Waals surface area contributed by atoms with Gasteiger partial charge in [0.2, 0.25) is 5.91 Å². The number of pyridine rings is 1. The van der Waals surface area contributed by atoms with E-state index in [1.165, 1.54) is 0 Å². The van der Waals surface area contributed by atoms with Gasteiger partial charge in [0.25, 0.3) is 0 Å². The summed E-state index contributed by atoms with van der Waals surface area (Å²) in [6.07, 6.45) is 3.04. The number of carbonyl (C=O) groups excluding carboxylic acids is 1. The summed E-state index contributed by atoms with van der Waals surface area (Å²) in [4.78, 5) is 26.8. The minimum absolute atomic E-state index is 0.529. The van der Waals surface area contributed by atoms with Crippen molar-refractivity contribution in [1.82, 2.24) is 4.98 Å². The van der Waals surface area contributed by atoms with Crippen molar-refractivity contribution in [3.8, 4) is 0 Å². The van der Waals surface area contributed by atoms with Crippen LogP contribution >= 0.6 is 11.8 Å². The molecule has 6 heteroatoms. The number of benzene rings is 1. The number of carbonyl (C=O) groups is 2. The minimum Gasteiger partial charge on any atom is -0.481 e. The molecule has 108 valence electrons. The van der Waals surface area contributed by atoms with Crippen molar-refractivity contribution in [2.24, 2.45) is 0 Å². The van der Waals surface area contributed by atoms with E-state index in [1.54, 1.807) is 30.1 Å². The number of carboxylic acids is 1. The van der Waals surface area contributed by atoms with Crippen molar-refractivity contribution < 1.29 is 14.7 Å². The Balaban J connectivity index is 1.87. The van der Waals surface area contributed by atoms with E-state index in [9.17, 15) is 9.59 Å². The number of hydrogen-bond acceptors (Lipinski definition) is 4. The van der Waals surface area contributed by atoms with Crippen LogP contribution < -0.4 is 5.32 Å². The lowest BCUT2D eigenvalue weighted by Gasteiger charge is -2.05. The summed E-state index contributed by atoms with van der Waals surface area (Å²) < 4.78 is 0. The predicted octanol–water partition coefficient (Wildman–Crippen LogP) is 2.79. The summed E-state index contributed by atoms with van der Waals surface area (Å²) in [7, 11) is 0. The maximum Gasteiger partial charge on any atom is 0.312 e. The topological polar surface area (TPSA) is 79.3 Å². The summed E-state index contributed by atoms with van der Waals surface area (Å²) in [5, 5.41) is 11.1. The predicted molar refractivity (Wildman–Crippen MR) is 81.1 cm³/mol. The molecule has 0 bridgehead atoms. The second-order valence-electron chi connectivity index (χ2n) is 4.29. The molecule has 0 aliphatic rings. The van der Waals surface area contributed by atoms with Crippen LogP contribution in [-0.4, -0.2) is 22.0 Å². The third-order valence-corrected chi connectivity index (χ3v) is 3.66. The van der Waals surface area contributed by atoms with Crippen LogP contribution in [0.2, 0.25) is 0 Å². The number of thioether (sulfide) groups is 1. The normalized spacial score (nSPS) is 10.1. The quantitative estimate of drug-likeness (QED) is 0.633. The van der Waals surface area contributed by atoms with E-state index in [2.05, 4.69) is 10.3 Å². The molecule has 1 aromatic heterocycles. The zero-order valence-corrected chi connectivity index (χ0v) is 12.0. The second kappa shape index (κ2) is 7.44. The summed E-state index contributed by atoms with van der Waals surface area (Å²) in [6, 6.07) is 11.2. The van der Waals surface area contributed by atoms with Gasteiger partial charge in [-0.05, 0) is 35.9 Å². The Morgan fingerprint density at radius 1 is 1.19 bits per heavy atom. The lowest BCUT2D eigenvalue weighted by molar-refractivity contribution is -0.139. The molecule has 0 spiro atoms. The van der Waals surface area contributed by atoms with Crippen LogP contribution in [0.15, 0.2) is 53.7 Å². The van der Waals surface area contributed by atoms with E-state index in [0.717, 1.165) is 16.2 Å². The highest BCUT2D eigenvalue weighted by Crippen LogP contribution is 2.23. The molecule has 0 saturated heterocycles. The van der Waals surface area contributed by atoms with Crippen LogP contribution in [0.5, 0.6) is 0 Å². The maximum absolute atomic E-state index is 11.3. The average molecular weight is 302 g/mol. The van der Waals surface area contributed by atoms with Gasteiger partial charge >= 0.3 is 5.97 Å². The van der Waals surface area contributed by atoms with Gasteiger partial charge in [-0.2, -0.15) is 0 Å². The van der Waals surface area contributed by atoms with Gasteiger partial charge in [0.15, 0.2) is 0 Å². The third-order valence-electron chi connectivity index (χ3n) is 2.58. The highest BCUT2D eigenvalue weighted by molar-refractivity contribution is 7.98. The molecule has 0 unspecified atom stereocenters. The van der Waals surface area contributed by atoms with Crippen LogP contribution in [0.4, 0.5) is 5.69 Å². The molecule has 1 heterocycles. The van der Waals surface area contributed by atoms with Crippen molar-refractivity contribution in [2.45, 2.75) is 17.1 Å². The van der Waals surface area contributed by atoms with Crippen molar-refractivity contribution in [1.29, 1.82) is 0 Å². The standard InChI is InChI=1S/C15H14N2O3S/c18-14(8-15(19)20)17-12-3-5-13(6-4-12)21-10-11-2-1-7-16-9-11/h1-7,9H,8,10H2,(H,17,18)(H,19,20). The van der Waals surface area contributed by atoms with E-state index in [1.807, 2.05) is 30.5 Å². The molecular formula is C15H14N2O3S. The smallest absolute Gasteiger partial charge is 0.312 e. The van der Waals surface area contributed by atoms with Gasteiger partial charge in [-0.25, -0.2) is 0 Å². The van der Waals surface area contributed by atoms with Crippen LogP contribution in [0.1, 0.15) is 12.0 Å². The molecule has 0 radical (unpaired) electrons. The largest absolute Gasteiger partial charge is 0.481 e. The SMILES string of the molecule is O=C(O)CC(=O)Nc1ccc(SCc2cccnc2)cc1. The molecule has 2 N–H and O–H groups in total. The number of rotatable bonds is 6. The Morgan fingerprint density at radius 3 is 2.57 bits per heavy atom. The fraction of sp³-hybridized carbons (Fsp3) is 0.133. The fourth-order valence-electron chi connectivity index (χ4n) is 1.63. The average Bonchev–Trinajstić information content (AvgIpc) is 2.47. The van der Waals surface area contributed by atoms with Crippen LogP contribution in [0.25, 0.3) is 0 Å². The molecule has 0 saturated carbocycles. The first-order valence-corrected chi connectivity index (χ1v) is 7.25. The molecule has 0 fully saturated rings. The first-order valence-electron chi connectivity index (χ1n) is 6.27. The highest BCUT2D eigenvalue weighted by atomic mass is 32.2. The molecule has 2 rings (SSSR count). The number of amides is 1. The van der Waals surface area contributed by atoms with Crippen LogP contribution in [0, 0.1) is 0 Å². The molecule has 1 amide bonds. The van der Waals surface area contributed by atoms with Gasteiger partial charge < -0.3 is 10.4 Å². The highest BCUT2D eigenvalue weighted by Gasteiger charge is 2.07. The zero-order chi connectivity index (χ0) is 15.1. The van der Waals surface area contributed by atoms with Crippen molar-refractivity contribution >= 4 is 29.3 Å². The Labute approximate surface area is 126 Å². The monoisotopic (exact) mass is 302 g/mol. The lowest BCUT2D eigenvalue weighted by atomic mass is 10.3. The van der Waals surface area contributed by atoms with Crippen molar-refractivity contribution in [3.63, 3.8) is 0 Å². The Kier molecular flexibility index (Phi) is 5.34. The molecule has 0 atom stereocenters. The maximum atomic E-state index is 11.3. The van der Waals surface area contributed by atoms with Gasteiger partial charge in [0.05, 0.1) is 0 Å². The van der Waals surface area contributed by atoms with Gasteiger partial charge in [-0.1, -0.05) is 6.07 Å². The summed E-state index contributed by atoms with van der Waals surface area (Å²) >= 11 is 1.66. The third kappa shape index (κ3) is 5.27. The summed E-state index contributed by atoms with van der Waals surface area (Å²) in [6.45, 7) is 0. The van der Waals surface area contributed by atoms with Crippen molar-refractivity contribution in [2.75, 3.05) is 5.32 Å². The van der Waals surface area contributed by atoms with E-state index < -0.39 is 18.3 Å². The van der Waals surface area contributed by atoms with E-state index in [0.29, 0.717) is 5.69 Å². The molecule has 0 aliphatic heterocycles. The molecule has 1 aromatic carbocycles. The fourth-order valence-corrected chi connectivity index (χ4v) is 2.46. The molecule has 5 nitrogen and oxygen atoms in total. The van der Waals surface area contributed by atoms with Gasteiger partial charge in [-0.15, -0.1) is 11.8 Å². The number of carboxylic acid groups (broad SMARTS) is 1. The summed E-state index contributed by atoms with van der Waals surface area (Å²) in [5.41, 5.74) is 1.73. The Bertz CT molecular complexity index is 615. The molecular weight excluding hydrogens is 288 g/mol. The Morgan fingerprint density at radius 2 is 1.95 bits per heavy atom. The van der Waals surface area contributed by atoms with E-state index >= 15 is 0 Å². The first-order chi connectivity index (χ1) is 10.1. The van der Waals surface area contributed by atoms with Crippen LogP contribution in [-0.2, 0) is 15.3 Å². The number of nitrogens with one attached hydrogen (secondary N) is 1. The number of hydrogen-bond donors (Lipinski definition) is 2. The van der Waals surface area contributed by atoms with Crippen molar-refractivity contribution in [3.05, 3.63) is 54.4 Å². The van der Waals surface area contributed by atoms with Gasteiger partial charge in [0, 0.05) is 28.7 Å². The Hall–Kier alpha value is -2.34. The molecule has 2 aromatic rings. The van der Waals surface area contributed by atoms with Gasteiger partial charge in [-0.3, -0.25) is 14.6 Å². The van der Waals surface area contributed by atoms with E-state index in [4.69, 9.17) is 5.11 Å². The first kappa shape index (κ1) is 15.1. The number of aromatic nitrogens is 1.